The van der Waals surface area contributed by atoms with Crippen LogP contribution in [-0.2, 0) is 0 Å². The van der Waals surface area contributed by atoms with Crippen molar-refractivity contribution in [2.75, 3.05) is 0 Å². The van der Waals surface area contributed by atoms with Crippen LogP contribution in [0.5, 0.6) is 0 Å². The maximum absolute atomic E-state index is 5.74. The number of hydrogen-bond acceptors (Lipinski definition) is 1. The van der Waals surface area contributed by atoms with E-state index in [1.54, 1.807) is 0 Å². The van der Waals surface area contributed by atoms with Crippen LogP contribution in [0.2, 0.25) is 0 Å². The van der Waals surface area contributed by atoms with Crippen LogP contribution in [0.4, 0.5) is 0 Å². The molecule has 0 aromatic rings. The molecular weight excluding hydrogens is 146 g/mol. The van der Waals surface area contributed by atoms with Gasteiger partial charge in [0.05, 0.1) is 0 Å². The predicted octanol–water partition coefficient (Wildman–Crippen LogP) is 2.94. The van der Waals surface area contributed by atoms with Crippen LogP contribution >= 0.6 is 0 Å². The molecule has 1 saturated carbocycles. The molecule has 1 aliphatic rings. The third kappa shape index (κ3) is 3.57. The Balaban J connectivity index is 2.09. The fourth-order valence-electron chi connectivity index (χ4n) is 2.12. The molecule has 0 spiro atoms. The Hall–Kier alpha value is -0.0400. The molecule has 0 unspecified atom stereocenters. The highest BCUT2D eigenvalue weighted by Crippen LogP contribution is 2.31. The van der Waals surface area contributed by atoms with Crippen molar-refractivity contribution >= 4 is 0 Å². The van der Waals surface area contributed by atoms with Crippen LogP contribution in [0, 0.1) is 11.8 Å². The monoisotopic (exact) mass is 169 g/mol. The molecule has 0 aliphatic heterocycles. The smallest absolute Gasteiger partial charge is 0.00105 e. The van der Waals surface area contributed by atoms with Gasteiger partial charge in [0.15, 0.2) is 0 Å². The van der Waals surface area contributed by atoms with Gasteiger partial charge in [-0.25, -0.2) is 0 Å². The minimum absolute atomic E-state index is 0.407. The first-order valence-corrected chi connectivity index (χ1v) is 5.44. The van der Waals surface area contributed by atoms with Crippen molar-refractivity contribution in [3.05, 3.63) is 0 Å². The fourth-order valence-corrected chi connectivity index (χ4v) is 2.12. The third-order valence-corrected chi connectivity index (χ3v) is 3.17. The number of hydrogen-bond donors (Lipinski definition) is 1. The van der Waals surface area contributed by atoms with E-state index < -0.39 is 0 Å². The standard InChI is InChI=1S/C11H23N/c1-9-3-6-11(7-4-9)8-5-10(2)12/h9-11H,3-8,12H2,1-2H3/t9?,10-,11?/m0/s1. The van der Waals surface area contributed by atoms with Gasteiger partial charge in [0.2, 0.25) is 0 Å². The summed E-state index contributed by atoms with van der Waals surface area (Å²) >= 11 is 0. The van der Waals surface area contributed by atoms with Crippen molar-refractivity contribution in [1.82, 2.24) is 0 Å². The largest absolute Gasteiger partial charge is 0.328 e. The van der Waals surface area contributed by atoms with Gasteiger partial charge in [-0.3, -0.25) is 0 Å². The van der Waals surface area contributed by atoms with Crippen LogP contribution in [0.25, 0.3) is 0 Å². The van der Waals surface area contributed by atoms with Crippen LogP contribution in [0.15, 0.2) is 0 Å². The molecule has 0 aromatic carbocycles. The fraction of sp³-hybridized carbons (Fsp3) is 1.00. The predicted molar refractivity (Wildman–Crippen MR) is 54.0 cm³/mol. The zero-order valence-electron chi connectivity index (χ0n) is 8.55. The molecule has 1 nitrogen and oxygen atoms in total. The summed E-state index contributed by atoms with van der Waals surface area (Å²) in [5.41, 5.74) is 5.74. The van der Waals surface area contributed by atoms with E-state index in [4.69, 9.17) is 5.73 Å². The van der Waals surface area contributed by atoms with Gasteiger partial charge in [0.25, 0.3) is 0 Å². The Morgan fingerprint density at radius 3 is 2.33 bits per heavy atom. The zero-order valence-corrected chi connectivity index (χ0v) is 8.55. The molecule has 1 rings (SSSR count). The Bertz CT molecular complexity index is 112. The molecule has 0 heterocycles. The van der Waals surface area contributed by atoms with E-state index in [2.05, 4.69) is 13.8 Å². The summed E-state index contributed by atoms with van der Waals surface area (Å²) in [6, 6.07) is 0.407. The summed E-state index contributed by atoms with van der Waals surface area (Å²) in [6.07, 6.45) is 8.39. The third-order valence-electron chi connectivity index (χ3n) is 3.17. The quantitative estimate of drug-likeness (QED) is 0.690. The van der Waals surface area contributed by atoms with E-state index in [0.29, 0.717) is 6.04 Å². The van der Waals surface area contributed by atoms with Gasteiger partial charge >= 0.3 is 0 Å². The van der Waals surface area contributed by atoms with Gasteiger partial charge in [-0.2, -0.15) is 0 Å². The highest BCUT2D eigenvalue weighted by Gasteiger charge is 2.17. The first kappa shape index (κ1) is 10.0. The summed E-state index contributed by atoms with van der Waals surface area (Å²) in [5.74, 6) is 1.98. The Kier molecular flexibility index (Phi) is 4.07. The lowest BCUT2D eigenvalue weighted by Gasteiger charge is -2.26. The SMILES string of the molecule is CC1CCC(CC[C@H](C)N)CC1. The average molecular weight is 169 g/mol. The second-order valence-electron chi connectivity index (χ2n) is 4.68. The maximum Gasteiger partial charge on any atom is 0.00105 e. The highest BCUT2D eigenvalue weighted by molar-refractivity contribution is 4.71. The summed E-state index contributed by atoms with van der Waals surface area (Å²) in [7, 11) is 0. The van der Waals surface area contributed by atoms with Crippen LogP contribution in [0.3, 0.4) is 0 Å². The second-order valence-corrected chi connectivity index (χ2v) is 4.68. The second kappa shape index (κ2) is 4.86. The lowest BCUT2D eigenvalue weighted by Crippen LogP contribution is -2.18. The van der Waals surface area contributed by atoms with Gasteiger partial charge in [-0.15, -0.1) is 0 Å². The van der Waals surface area contributed by atoms with E-state index >= 15 is 0 Å². The van der Waals surface area contributed by atoms with E-state index in [1.165, 1.54) is 38.5 Å². The van der Waals surface area contributed by atoms with Crippen LogP contribution < -0.4 is 5.73 Å². The molecule has 1 atom stereocenters. The van der Waals surface area contributed by atoms with E-state index in [-0.39, 0.29) is 0 Å². The average Bonchev–Trinajstić information content (AvgIpc) is 2.03. The van der Waals surface area contributed by atoms with Crippen molar-refractivity contribution in [3.63, 3.8) is 0 Å². The van der Waals surface area contributed by atoms with Gasteiger partial charge in [-0.05, 0) is 31.6 Å². The first-order valence-electron chi connectivity index (χ1n) is 5.44. The molecule has 0 amide bonds. The van der Waals surface area contributed by atoms with Gasteiger partial charge in [0, 0.05) is 6.04 Å². The van der Waals surface area contributed by atoms with Crippen LogP contribution in [0.1, 0.15) is 52.4 Å². The molecule has 1 fully saturated rings. The topological polar surface area (TPSA) is 26.0 Å². The summed E-state index contributed by atoms with van der Waals surface area (Å²) in [5, 5.41) is 0. The molecule has 0 bridgehead atoms. The van der Waals surface area contributed by atoms with E-state index in [1.807, 2.05) is 0 Å². The Morgan fingerprint density at radius 2 is 1.83 bits per heavy atom. The van der Waals surface area contributed by atoms with Crippen molar-refractivity contribution in [2.24, 2.45) is 17.6 Å². The van der Waals surface area contributed by atoms with Crippen molar-refractivity contribution < 1.29 is 0 Å². The first-order chi connectivity index (χ1) is 5.68. The molecular formula is C11H23N. The van der Waals surface area contributed by atoms with E-state index in [9.17, 15) is 0 Å². The molecule has 1 aliphatic carbocycles. The molecule has 0 aromatic heterocycles. The summed E-state index contributed by atoms with van der Waals surface area (Å²) in [6.45, 7) is 4.49. The Morgan fingerprint density at radius 1 is 1.25 bits per heavy atom. The molecule has 0 saturated heterocycles. The highest BCUT2D eigenvalue weighted by atomic mass is 14.6. The molecule has 2 N–H and O–H groups in total. The normalized spacial score (nSPS) is 33.2. The summed E-state index contributed by atoms with van der Waals surface area (Å²) in [4.78, 5) is 0. The maximum atomic E-state index is 5.74. The number of nitrogens with two attached hydrogens (primary N) is 1. The van der Waals surface area contributed by atoms with Crippen LogP contribution in [-0.4, -0.2) is 6.04 Å². The van der Waals surface area contributed by atoms with Gasteiger partial charge in [0.1, 0.15) is 0 Å². The van der Waals surface area contributed by atoms with E-state index in [0.717, 1.165) is 11.8 Å². The van der Waals surface area contributed by atoms with Gasteiger partial charge < -0.3 is 5.73 Å². The van der Waals surface area contributed by atoms with Gasteiger partial charge in [-0.1, -0.05) is 32.6 Å². The zero-order chi connectivity index (χ0) is 8.97. The molecule has 0 radical (unpaired) electrons. The molecule has 1 heteroatoms. The molecule has 72 valence electrons. The molecule has 12 heavy (non-hydrogen) atoms. The lowest BCUT2D eigenvalue weighted by atomic mass is 9.80. The van der Waals surface area contributed by atoms with Crippen molar-refractivity contribution in [3.8, 4) is 0 Å². The van der Waals surface area contributed by atoms with Crippen molar-refractivity contribution in [2.45, 2.75) is 58.4 Å². The van der Waals surface area contributed by atoms with Crippen molar-refractivity contribution in [1.29, 1.82) is 0 Å². The minimum atomic E-state index is 0.407. The lowest BCUT2D eigenvalue weighted by molar-refractivity contribution is 0.270. The number of rotatable bonds is 3. The Labute approximate surface area is 76.7 Å². The minimum Gasteiger partial charge on any atom is -0.328 e. The summed E-state index contributed by atoms with van der Waals surface area (Å²) < 4.78 is 0.